The van der Waals surface area contributed by atoms with Crippen LogP contribution in [0.25, 0.3) is 0 Å². The highest BCUT2D eigenvalue weighted by atomic mass is 16.5. The van der Waals surface area contributed by atoms with Crippen LogP contribution in [0.3, 0.4) is 0 Å². The number of nitrogens with two attached hydrogens (primary N) is 1. The molecule has 8 heteroatoms. The van der Waals surface area contributed by atoms with Crippen LogP contribution in [0, 0.1) is 0 Å². The molecule has 0 aliphatic carbocycles. The summed E-state index contributed by atoms with van der Waals surface area (Å²) in [5, 5.41) is 5.81. The molecular weight excluding hydrogens is 346 g/mol. The number of ether oxygens (including phenoxy) is 2. The highest BCUT2D eigenvalue weighted by molar-refractivity contribution is 5.89. The molecule has 27 heavy (non-hydrogen) atoms. The van der Waals surface area contributed by atoms with Crippen LogP contribution in [-0.2, 0) is 4.79 Å². The number of para-hydroxylation sites is 2. The number of nitrogens with zero attached hydrogens (tertiary/aromatic N) is 2. The minimum Gasteiger partial charge on any atom is -0.493 e. The number of methoxy groups -OCH3 is 1. The van der Waals surface area contributed by atoms with E-state index in [1.807, 2.05) is 12.1 Å². The van der Waals surface area contributed by atoms with Crippen molar-refractivity contribution in [3.63, 3.8) is 0 Å². The molecule has 1 aromatic heterocycles. The van der Waals surface area contributed by atoms with E-state index in [1.165, 1.54) is 13.3 Å². The van der Waals surface area contributed by atoms with E-state index in [-0.39, 0.29) is 17.5 Å². The normalized spacial score (nSPS) is 10.1. The molecule has 0 aliphatic rings. The third-order valence-corrected chi connectivity index (χ3v) is 3.59. The lowest BCUT2D eigenvalue weighted by molar-refractivity contribution is -0.114. The van der Waals surface area contributed by atoms with Gasteiger partial charge in [0.05, 0.1) is 7.11 Å². The van der Waals surface area contributed by atoms with Crippen molar-refractivity contribution in [2.24, 2.45) is 0 Å². The number of aromatic nitrogens is 2. The molecule has 1 amide bonds. The van der Waals surface area contributed by atoms with Crippen molar-refractivity contribution in [2.75, 3.05) is 23.5 Å². The van der Waals surface area contributed by atoms with E-state index in [1.54, 1.807) is 43.5 Å². The average Bonchev–Trinajstić information content (AvgIpc) is 2.66. The third kappa shape index (κ3) is 4.43. The molecule has 0 atom stereocenters. The number of amides is 1. The number of rotatable bonds is 6. The maximum Gasteiger partial charge on any atom is 0.248 e. The Labute approximate surface area is 156 Å². The summed E-state index contributed by atoms with van der Waals surface area (Å²) >= 11 is 0. The molecule has 8 nitrogen and oxygen atoms in total. The van der Waals surface area contributed by atoms with Gasteiger partial charge in [0.1, 0.15) is 12.0 Å². The predicted octanol–water partition coefficient (Wildman–Crippen LogP) is 3.56. The van der Waals surface area contributed by atoms with E-state index in [9.17, 15) is 4.79 Å². The molecule has 3 rings (SSSR count). The van der Waals surface area contributed by atoms with E-state index in [0.29, 0.717) is 23.0 Å². The zero-order chi connectivity index (χ0) is 19.2. The standard InChI is InChI=1S/C19H19N5O3/c1-12(25)23-13-7-9-14(10-8-13)24-18-17(20)19(22-11-21-18)27-16-6-4-3-5-15(16)26-2/h3-11H,20H2,1-2H3,(H,23,25)(H,21,22,24). The summed E-state index contributed by atoms with van der Waals surface area (Å²) in [6.07, 6.45) is 1.36. The van der Waals surface area contributed by atoms with E-state index in [4.69, 9.17) is 15.2 Å². The van der Waals surface area contributed by atoms with Crippen LogP contribution in [0.5, 0.6) is 17.4 Å². The number of nitrogen functional groups attached to an aromatic ring is 1. The minimum atomic E-state index is -0.131. The highest BCUT2D eigenvalue weighted by Crippen LogP contribution is 2.35. The van der Waals surface area contributed by atoms with Gasteiger partial charge in [0.15, 0.2) is 17.3 Å². The lowest BCUT2D eigenvalue weighted by Crippen LogP contribution is -2.06. The van der Waals surface area contributed by atoms with Gasteiger partial charge in [0.25, 0.3) is 0 Å². The van der Waals surface area contributed by atoms with Crippen molar-refractivity contribution in [3.05, 3.63) is 54.9 Å². The molecule has 0 fully saturated rings. The summed E-state index contributed by atoms with van der Waals surface area (Å²) in [5.74, 6) is 1.55. The largest absolute Gasteiger partial charge is 0.493 e. The van der Waals surface area contributed by atoms with Crippen molar-refractivity contribution in [3.8, 4) is 17.4 Å². The quantitative estimate of drug-likeness (QED) is 0.612. The zero-order valence-electron chi connectivity index (χ0n) is 14.9. The van der Waals surface area contributed by atoms with Crippen molar-refractivity contribution in [2.45, 2.75) is 6.92 Å². The van der Waals surface area contributed by atoms with E-state index in [2.05, 4.69) is 20.6 Å². The number of carbonyl (C=O) groups excluding carboxylic acids is 1. The predicted molar refractivity (Wildman–Crippen MR) is 104 cm³/mol. The van der Waals surface area contributed by atoms with E-state index < -0.39 is 0 Å². The number of nitrogens with one attached hydrogen (secondary N) is 2. The molecule has 0 unspecified atom stereocenters. The summed E-state index contributed by atoms with van der Waals surface area (Å²) in [7, 11) is 1.56. The maximum atomic E-state index is 11.1. The Morgan fingerprint density at radius 1 is 1.00 bits per heavy atom. The lowest BCUT2D eigenvalue weighted by Gasteiger charge is -2.13. The van der Waals surface area contributed by atoms with Gasteiger partial charge in [-0.1, -0.05) is 12.1 Å². The summed E-state index contributed by atoms with van der Waals surface area (Å²) < 4.78 is 11.1. The average molecular weight is 365 g/mol. The first-order chi connectivity index (χ1) is 13.1. The fraction of sp³-hybridized carbons (Fsp3) is 0.105. The topological polar surface area (TPSA) is 111 Å². The smallest absolute Gasteiger partial charge is 0.248 e. The number of hydrogen-bond donors (Lipinski definition) is 3. The van der Waals surface area contributed by atoms with Gasteiger partial charge in [0.2, 0.25) is 11.8 Å². The number of benzene rings is 2. The molecule has 3 aromatic rings. The van der Waals surface area contributed by atoms with Crippen molar-refractivity contribution in [1.29, 1.82) is 0 Å². The van der Waals surface area contributed by atoms with Crippen LogP contribution in [0.15, 0.2) is 54.9 Å². The molecule has 138 valence electrons. The number of hydrogen-bond acceptors (Lipinski definition) is 7. The maximum absolute atomic E-state index is 11.1. The summed E-state index contributed by atoms with van der Waals surface area (Å²) in [6, 6.07) is 14.3. The number of anilines is 4. The molecule has 2 aromatic carbocycles. The Bertz CT molecular complexity index is 944. The van der Waals surface area contributed by atoms with Gasteiger partial charge in [-0.15, -0.1) is 0 Å². The molecule has 0 aliphatic heterocycles. The second-order valence-corrected chi connectivity index (χ2v) is 5.58. The second-order valence-electron chi connectivity index (χ2n) is 5.58. The molecule has 0 spiro atoms. The molecular formula is C19H19N5O3. The summed E-state index contributed by atoms with van der Waals surface area (Å²) in [6.45, 7) is 1.46. The zero-order valence-corrected chi connectivity index (χ0v) is 14.9. The molecule has 0 bridgehead atoms. The van der Waals surface area contributed by atoms with Crippen molar-refractivity contribution in [1.82, 2.24) is 9.97 Å². The van der Waals surface area contributed by atoms with Crippen molar-refractivity contribution < 1.29 is 14.3 Å². The fourth-order valence-corrected chi connectivity index (χ4v) is 2.34. The van der Waals surface area contributed by atoms with Gasteiger partial charge in [-0.25, -0.2) is 4.98 Å². The van der Waals surface area contributed by atoms with Gasteiger partial charge < -0.3 is 25.8 Å². The Balaban J connectivity index is 1.79. The van der Waals surface area contributed by atoms with Crippen LogP contribution >= 0.6 is 0 Å². The van der Waals surface area contributed by atoms with Crippen molar-refractivity contribution >= 4 is 28.8 Å². The summed E-state index contributed by atoms with van der Waals surface area (Å²) in [4.78, 5) is 19.3. The van der Waals surface area contributed by atoms with Gasteiger partial charge >= 0.3 is 0 Å². The first kappa shape index (κ1) is 18.0. The van der Waals surface area contributed by atoms with E-state index in [0.717, 1.165) is 5.69 Å². The van der Waals surface area contributed by atoms with Crippen LogP contribution in [-0.4, -0.2) is 23.0 Å². The SMILES string of the molecule is COc1ccccc1Oc1ncnc(Nc2ccc(NC(C)=O)cc2)c1N. The molecule has 0 saturated heterocycles. The fourth-order valence-electron chi connectivity index (χ4n) is 2.34. The molecule has 1 heterocycles. The Hall–Kier alpha value is -3.81. The minimum absolute atomic E-state index is 0.131. The van der Waals surface area contributed by atoms with Gasteiger partial charge in [-0.2, -0.15) is 4.98 Å². The van der Waals surface area contributed by atoms with Gasteiger partial charge in [-0.3, -0.25) is 4.79 Å². The number of carbonyl (C=O) groups is 1. The van der Waals surface area contributed by atoms with Gasteiger partial charge in [-0.05, 0) is 36.4 Å². The molecule has 4 N–H and O–H groups in total. The Morgan fingerprint density at radius 3 is 2.33 bits per heavy atom. The lowest BCUT2D eigenvalue weighted by atomic mass is 10.2. The van der Waals surface area contributed by atoms with Crippen LogP contribution in [0.4, 0.5) is 22.9 Å². The van der Waals surface area contributed by atoms with Gasteiger partial charge in [0, 0.05) is 18.3 Å². The monoisotopic (exact) mass is 365 g/mol. The Morgan fingerprint density at radius 2 is 1.67 bits per heavy atom. The van der Waals surface area contributed by atoms with Crippen LogP contribution < -0.4 is 25.8 Å². The van der Waals surface area contributed by atoms with Crippen LogP contribution in [0.1, 0.15) is 6.92 Å². The highest BCUT2D eigenvalue weighted by Gasteiger charge is 2.13. The van der Waals surface area contributed by atoms with E-state index >= 15 is 0 Å². The molecule has 0 radical (unpaired) electrons. The molecule has 0 saturated carbocycles. The first-order valence-electron chi connectivity index (χ1n) is 8.13. The second kappa shape index (κ2) is 8.05. The third-order valence-electron chi connectivity index (χ3n) is 3.59. The first-order valence-corrected chi connectivity index (χ1v) is 8.13. The summed E-state index contributed by atoms with van der Waals surface area (Å²) in [5.41, 5.74) is 7.86. The van der Waals surface area contributed by atoms with Crippen LogP contribution in [0.2, 0.25) is 0 Å². The Kier molecular flexibility index (Phi) is 5.36.